The molecule has 0 bridgehead atoms. The summed E-state index contributed by atoms with van der Waals surface area (Å²) in [6.07, 6.45) is 1.75. The zero-order valence-electron chi connectivity index (χ0n) is 8.63. The molecule has 0 aromatic rings. The molecule has 3 nitrogen and oxygen atoms in total. The maximum Gasteiger partial charge on any atom is 0.122 e. The van der Waals surface area contributed by atoms with E-state index >= 15 is 0 Å². The van der Waals surface area contributed by atoms with Gasteiger partial charge in [0.05, 0.1) is 26.1 Å². The molecule has 0 N–H and O–H groups in total. The van der Waals surface area contributed by atoms with E-state index in [1.165, 1.54) is 0 Å². The Bertz CT molecular complexity index is 177. The maximum absolute atomic E-state index is 5.57. The van der Waals surface area contributed by atoms with Gasteiger partial charge in [0.15, 0.2) is 0 Å². The third kappa shape index (κ3) is 3.79. The van der Waals surface area contributed by atoms with E-state index in [9.17, 15) is 0 Å². The van der Waals surface area contributed by atoms with Crippen molar-refractivity contribution in [1.29, 1.82) is 0 Å². The standard InChI is InChI=1S/C10H18O3/c1-9(2)6-12-8-10(3)7-11-4-5-13-10/h6H,4-5,7-8H2,1-3H3. The first-order valence-electron chi connectivity index (χ1n) is 4.59. The van der Waals surface area contributed by atoms with Crippen molar-refractivity contribution in [2.45, 2.75) is 26.4 Å². The number of allylic oxidation sites excluding steroid dienone is 1. The van der Waals surface area contributed by atoms with Crippen LogP contribution in [0.1, 0.15) is 20.8 Å². The van der Waals surface area contributed by atoms with E-state index in [2.05, 4.69) is 0 Å². The van der Waals surface area contributed by atoms with Crippen molar-refractivity contribution in [3.8, 4) is 0 Å². The largest absolute Gasteiger partial charge is 0.498 e. The summed E-state index contributed by atoms with van der Waals surface area (Å²) in [5.74, 6) is 0. The second-order valence-corrected chi connectivity index (χ2v) is 3.86. The molecule has 1 fully saturated rings. The first kappa shape index (κ1) is 10.5. The summed E-state index contributed by atoms with van der Waals surface area (Å²) in [6.45, 7) is 8.53. The van der Waals surface area contributed by atoms with Crippen LogP contribution in [-0.4, -0.2) is 32.0 Å². The molecule has 1 aliphatic heterocycles. The van der Waals surface area contributed by atoms with E-state index in [-0.39, 0.29) is 5.60 Å². The highest BCUT2D eigenvalue weighted by molar-refractivity contribution is 4.87. The molecular formula is C10H18O3. The summed E-state index contributed by atoms with van der Waals surface area (Å²) < 4.78 is 16.3. The number of ether oxygens (including phenoxy) is 3. The van der Waals surface area contributed by atoms with Crippen molar-refractivity contribution in [1.82, 2.24) is 0 Å². The van der Waals surface area contributed by atoms with Crippen LogP contribution in [0.2, 0.25) is 0 Å². The Balaban J connectivity index is 2.29. The first-order valence-corrected chi connectivity index (χ1v) is 4.59. The van der Waals surface area contributed by atoms with Gasteiger partial charge in [-0.2, -0.15) is 0 Å². The monoisotopic (exact) mass is 186 g/mol. The molecule has 76 valence electrons. The molecule has 0 aliphatic carbocycles. The molecule has 1 unspecified atom stereocenters. The minimum atomic E-state index is -0.274. The van der Waals surface area contributed by atoms with Crippen molar-refractivity contribution in [2.24, 2.45) is 0 Å². The molecule has 0 saturated carbocycles. The Kier molecular flexibility index (Phi) is 3.75. The second-order valence-electron chi connectivity index (χ2n) is 3.86. The lowest BCUT2D eigenvalue weighted by molar-refractivity contribution is -0.166. The lowest BCUT2D eigenvalue weighted by Gasteiger charge is -2.32. The Labute approximate surface area is 79.7 Å². The van der Waals surface area contributed by atoms with E-state index in [1.54, 1.807) is 6.26 Å². The molecule has 1 heterocycles. The highest BCUT2D eigenvalue weighted by Gasteiger charge is 2.29. The molecule has 0 spiro atoms. The van der Waals surface area contributed by atoms with E-state index in [1.807, 2.05) is 20.8 Å². The first-order chi connectivity index (χ1) is 6.12. The van der Waals surface area contributed by atoms with Gasteiger partial charge in [0.1, 0.15) is 12.2 Å². The predicted molar refractivity (Wildman–Crippen MR) is 50.6 cm³/mol. The van der Waals surface area contributed by atoms with Gasteiger partial charge in [-0.15, -0.1) is 0 Å². The SMILES string of the molecule is CC(C)=COCC1(C)COCCO1. The van der Waals surface area contributed by atoms with Crippen molar-refractivity contribution in [2.75, 3.05) is 26.4 Å². The minimum Gasteiger partial charge on any atom is -0.498 e. The van der Waals surface area contributed by atoms with E-state index in [4.69, 9.17) is 14.2 Å². The van der Waals surface area contributed by atoms with Crippen LogP contribution >= 0.6 is 0 Å². The highest BCUT2D eigenvalue weighted by Crippen LogP contribution is 2.15. The molecule has 13 heavy (non-hydrogen) atoms. The van der Waals surface area contributed by atoms with Gasteiger partial charge in [0.25, 0.3) is 0 Å². The maximum atomic E-state index is 5.57. The van der Waals surface area contributed by atoms with Crippen molar-refractivity contribution >= 4 is 0 Å². The van der Waals surface area contributed by atoms with Crippen LogP contribution in [-0.2, 0) is 14.2 Å². The minimum absolute atomic E-state index is 0.274. The molecule has 0 aromatic heterocycles. The van der Waals surface area contributed by atoms with Gasteiger partial charge in [0.2, 0.25) is 0 Å². The lowest BCUT2D eigenvalue weighted by atomic mass is 10.1. The van der Waals surface area contributed by atoms with Gasteiger partial charge in [0, 0.05) is 0 Å². The Morgan fingerprint density at radius 3 is 2.77 bits per heavy atom. The predicted octanol–water partition coefficient (Wildman–Crippen LogP) is 1.73. The molecule has 1 rings (SSSR count). The zero-order chi connectivity index (χ0) is 9.73. The van der Waals surface area contributed by atoms with Gasteiger partial charge < -0.3 is 14.2 Å². The van der Waals surface area contributed by atoms with Crippen LogP contribution in [0.5, 0.6) is 0 Å². The summed E-state index contributed by atoms with van der Waals surface area (Å²) >= 11 is 0. The van der Waals surface area contributed by atoms with Crippen LogP contribution in [0.4, 0.5) is 0 Å². The topological polar surface area (TPSA) is 27.7 Å². The fraction of sp³-hybridized carbons (Fsp3) is 0.800. The molecule has 3 heteroatoms. The molecule has 1 atom stereocenters. The summed E-state index contributed by atoms with van der Waals surface area (Å²) in [4.78, 5) is 0. The number of hydrogen-bond donors (Lipinski definition) is 0. The smallest absolute Gasteiger partial charge is 0.122 e. The van der Waals surface area contributed by atoms with Gasteiger partial charge in [-0.3, -0.25) is 0 Å². The molecule has 1 aliphatic rings. The van der Waals surface area contributed by atoms with Crippen LogP contribution in [0.3, 0.4) is 0 Å². The summed E-state index contributed by atoms with van der Waals surface area (Å²) in [6, 6.07) is 0. The van der Waals surface area contributed by atoms with Crippen LogP contribution in [0.15, 0.2) is 11.8 Å². The third-order valence-corrected chi connectivity index (χ3v) is 1.79. The lowest BCUT2D eigenvalue weighted by Crippen LogP contribution is -2.43. The second kappa shape index (κ2) is 4.63. The van der Waals surface area contributed by atoms with Crippen molar-refractivity contribution in [3.63, 3.8) is 0 Å². The average molecular weight is 186 g/mol. The number of hydrogen-bond acceptors (Lipinski definition) is 3. The van der Waals surface area contributed by atoms with Crippen LogP contribution in [0.25, 0.3) is 0 Å². The Morgan fingerprint density at radius 2 is 2.23 bits per heavy atom. The van der Waals surface area contributed by atoms with Gasteiger partial charge in [-0.1, -0.05) is 0 Å². The average Bonchev–Trinajstić information content (AvgIpc) is 2.04. The van der Waals surface area contributed by atoms with E-state index in [0.29, 0.717) is 26.4 Å². The van der Waals surface area contributed by atoms with E-state index in [0.717, 1.165) is 5.57 Å². The Morgan fingerprint density at radius 1 is 1.46 bits per heavy atom. The summed E-state index contributed by atoms with van der Waals surface area (Å²) in [5, 5.41) is 0. The number of rotatable bonds is 3. The third-order valence-electron chi connectivity index (χ3n) is 1.79. The van der Waals surface area contributed by atoms with Gasteiger partial charge >= 0.3 is 0 Å². The molecule has 0 amide bonds. The summed E-state index contributed by atoms with van der Waals surface area (Å²) in [5.41, 5.74) is 0.879. The molecule has 0 aromatic carbocycles. The normalized spacial score (nSPS) is 28.2. The van der Waals surface area contributed by atoms with Crippen LogP contribution < -0.4 is 0 Å². The highest BCUT2D eigenvalue weighted by atomic mass is 16.6. The van der Waals surface area contributed by atoms with Crippen molar-refractivity contribution in [3.05, 3.63) is 11.8 Å². The Hall–Kier alpha value is -0.540. The fourth-order valence-electron chi connectivity index (χ4n) is 1.14. The van der Waals surface area contributed by atoms with Crippen LogP contribution in [0, 0.1) is 0 Å². The fourth-order valence-corrected chi connectivity index (χ4v) is 1.14. The van der Waals surface area contributed by atoms with Crippen molar-refractivity contribution < 1.29 is 14.2 Å². The summed E-state index contributed by atoms with van der Waals surface area (Å²) in [7, 11) is 0. The van der Waals surface area contributed by atoms with Gasteiger partial charge in [-0.25, -0.2) is 0 Å². The van der Waals surface area contributed by atoms with Gasteiger partial charge in [-0.05, 0) is 26.3 Å². The quantitative estimate of drug-likeness (QED) is 0.628. The van der Waals surface area contributed by atoms with E-state index < -0.39 is 0 Å². The molecule has 1 saturated heterocycles. The molecular weight excluding hydrogens is 168 g/mol. The zero-order valence-corrected chi connectivity index (χ0v) is 8.63. The molecule has 0 radical (unpaired) electrons.